The third kappa shape index (κ3) is 5.53. The summed E-state index contributed by atoms with van der Waals surface area (Å²) in [4.78, 5) is 0. The molecule has 3 nitrogen and oxygen atoms in total. The maximum absolute atomic E-state index is 5.47. The number of methoxy groups -OCH3 is 1. The molecule has 1 aliphatic rings. The molecule has 1 rings (SSSR count). The van der Waals surface area contributed by atoms with Crippen LogP contribution in [0.4, 0.5) is 0 Å². The maximum atomic E-state index is 5.47. The van der Waals surface area contributed by atoms with E-state index in [1.807, 2.05) is 11.8 Å². The van der Waals surface area contributed by atoms with E-state index >= 15 is 0 Å². The molecule has 0 aromatic heterocycles. The molecule has 1 saturated heterocycles. The highest BCUT2D eigenvalue weighted by Gasteiger charge is 2.24. The molecule has 4 heteroatoms. The van der Waals surface area contributed by atoms with Crippen molar-refractivity contribution < 1.29 is 9.47 Å². The van der Waals surface area contributed by atoms with Crippen molar-refractivity contribution in [3.8, 4) is 0 Å². The van der Waals surface area contributed by atoms with E-state index in [4.69, 9.17) is 9.47 Å². The van der Waals surface area contributed by atoms with Crippen molar-refractivity contribution in [3.05, 3.63) is 0 Å². The molecule has 2 unspecified atom stereocenters. The van der Waals surface area contributed by atoms with Gasteiger partial charge in [0.25, 0.3) is 0 Å². The first-order valence-corrected chi connectivity index (χ1v) is 7.41. The van der Waals surface area contributed by atoms with Gasteiger partial charge in [-0.25, -0.2) is 0 Å². The third-order valence-corrected chi connectivity index (χ3v) is 3.97. The second kappa shape index (κ2) is 9.28. The Kier molecular flexibility index (Phi) is 8.29. The highest BCUT2D eigenvalue weighted by atomic mass is 32.2. The van der Waals surface area contributed by atoms with Crippen molar-refractivity contribution in [3.63, 3.8) is 0 Å². The lowest BCUT2D eigenvalue weighted by atomic mass is 10.0. The number of rotatable bonds is 9. The van der Waals surface area contributed by atoms with Crippen LogP contribution in [0, 0.1) is 5.92 Å². The standard InChI is InChI=1S/C12H25NO2S/c1-3-5-13-12(10-16-8-7-14-2)11-4-6-15-9-11/h11-13H,3-10H2,1-2H3. The smallest absolute Gasteiger partial charge is 0.0552 e. The molecule has 0 bridgehead atoms. The van der Waals surface area contributed by atoms with Crippen LogP contribution in [0.2, 0.25) is 0 Å². The van der Waals surface area contributed by atoms with E-state index in [0.717, 1.165) is 32.1 Å². The Hall–Kier alpha value is 0.230. The van der Waals surface area contributed by atoms with Crippen molar-refractivity contribution in [1.29, 1.82) is 0 Å². The first kappa shape index (κ1) is 14.3. The summed E-state index contributed by atoms with van der Waals surface area (Å²) in [6.45, 7) is 6.07. The molecule has 1 fully saturated rings. The van der Waals surface area contributed by atoms with Gasteiger partial charge in [0.2, 0.25) is 0 Å². The monoisotopic (exact) mass is 247 g/mol. The van der Waals surface area contributed by atoms with Gasteiger partial charge in [0.15, 0.2) is 0 Å². The summed E-state index contributed by atoms with van der Waals surface area (Å²) >= 11 is 1.98. The zero-order valence-electron chi connectivity index (χ0n) is 10.5. The van der Waals surface area contributed by atoms with E-state index < -0.39 is 0 Å². The van der Waals surface area contributed by atoms with Gasteiger partial charge in [0.1, 0.15) is 0 Å². The molecule has 0 spiro atoms. The quantitative estimate of drug-likeness (QED) is 0.629. The van der Waals surface area contributed by atoms with Crippen LogP contribution in [-0.2, 0) is 9.47 Å². The number of hydrogen-bond acceptors (Lipinski definition) is 4. The van der Waals surface area contributed by atoms with Gasteiger partial charge in [-0.15, -0.1) is 0 Å². The van der Waals surface area contributed by atoms with Gasteiger partial charge in [-0.1, -0.05) is 6.92 Å². The largest absolute Gasteiger partial charge is 0.384 e. The molecule has 0 saturated carbocycles. The van der Waals surface area contributed by atoms with E-state index in [1.165, 1.54) is 18.6 Å². The SMILES string of the molecule is CCCNC(CSCCOC)C1CCOC1. The third-order valence-electron chi connectivity index (χ3n) is 2.92. The van der Waals surface area contributed by atoms with Gasteiger partial charge in [0.05, 0.1) is 13.2 Å². The summed E-state index contributed by atoms with van der Waals surface area (Å²) in [6.07, 6.45) is 2.42. The van der Waals surface area contributed by atoms with Gasteiger partial charge >= 0.3 is 0 Å². The molecule has 0 amide bonds. The van der Waals surface area contributed by atoms with E-state index in [1.54, 1.807) is 7.11 Å². The van der Waals surface area contributed by atoms with Crippen molar-refractivity contribution in [1.82, 2.24) is 5.32 Å². The van der Waals surface area contributed by atoms with Crippen LogP contribution in [0.3, 0.4) is 0 Å². The molecule has 1 N–H and O–H groups in total. The molecule has 0 aromatic carbocycles. The zero-order chi connectivity index (χ0) is 11.6. The summed E-state index contributed by atoms with van der Waals surface area (Å²) in [7, 11) is 1.76. The fraction of sp³-hybridized carbons (Fsp3) is 1.00. The molecule has 0 aromatic rings. The molecule has 2 atom stereocenters. The molecule has 1 heterocycles. The van der Waals surface area contributed by atoms with Crippen LogP contribution >= 0.6 is 11.8 Å². The van der Waals surface area contributed by atoms with Crippen LogP contribution < -0.4 is 5.32 Å². The predicted molar refractivity (Wildman–Crippen MR) is 70.2 cm³/mol. The minimum atomic E-state index is 0.615. The van der Waals surface area contributed by atoms with Crippen molar-refractivity contribution in [2.45, 2.75) is 25.8 Å². The van der Waals surface area contributed by atoms with Gasteiger partial charge < -0.3 is 14.8 Å². The highest BCUT2D eigenvalue weighted by Crippen LogP contribution is 2.19. The van der Waals surface area contributed by atoms with Crippen LogP contribution in [0.15, 0.2) is 0 Å². The Morgan fingerprint density at radius 3 is 3.06 bits per heavy atom. The minimum Gasteiger partial charge on any atom is -0.384 e. The van der Waals surface area contributed by atoms with E-state index in [9.17, 15) is 0 Å². The van der Waals surface area contributed by atoms with Crippen LogP contribution in [-0.4, -0.2) is 51.0 Å². The normalized spacial score (nSPS) is 22.5. The molecule has 16 heavy (non-hydrogen) atoms. The topological polar surface area (TPSA) is 30.5 Å². The van der Waals surface area contributed by atoms with E-state index in [2.05, 4.69) is 12.2 Å². The summed E-state index contributed by atoms with van der Waals surface area (Å²) in [5.41, 5.74) is 0. The number of thioether (sulfide) groups is 1. The Balaban J connectivity index is 2.19. The fourth-order valence-electron chi connectivity index (χ4n) is 1.91. The van der Waals surface area contributed by atoms with Crippen LogP contribution in [0.25, 0.3) is 0 Å². The lowest BCUT2D eigenvalue weighted by Gasteiger charge is -2.23. The van der Waals surface area contributed by atoms with E-state index in [-0.39, 0.29) is 0 Å². The predicted octanol–water partition coefficient (Wildman–Crippen LogP) is 1.77. The Bertz CT molecular complexity index is 163. The Morgan fingerprint density at radius 2 is 2.44 bits per heavy atom. The first-order valence-electron chi connectivity index (χ1n) is 6.26. The average Bonchev–Trinajstić information content (AvgIpc) is 2.82. The molecule has 0 aliphatic carbocycles. The second-order valence-electron chi connectivity index (χ2n) is 4.25. The molecular weight excluding hydrogens is 222 g/mol. The highest BCUT2D eigenvalue weighted by molar-refractivity contribution is 7.99. The lowest BCUT2D eigenvalue weighted by Crippen LogP contribution is -2.39. The van der Waals surface area contributed by atoms with Crippen LogP contribution in [0.5, 0.6) is 0 Å². The van der Waals surface area contributed by atoms with Crippen molar-refractivity contribution in [2.24, 2.45) is 5.92 Å². The van der Waals surface area contributed by atoms with Gasteiger partial charge in [-0.2, -0.15) is 11.8 Å². The van der Waals surface area contributed by atoms with Gasteiger partial charge in [0, 0.05) is 37.2 Å². The molecule has 1 aliphatic heterocycles. The summed E-state index contributed by atoms with van der Waals surface area (Å²) in [5, 5.41) is 3.65. The fourth-order valence-corrected chi connectivity index (χ4v) is 3.01. The first-order chi connectivity index (χ1) is 7.88. The number of nitrogens with one attached hydrogen (secondary N) is 1. The zero-order valence-corrected chi connectivity index (χ0v) is 11.4. The van der Waals surface area contributed by atoms with Crippen molar-refractivity contribution in [2.75, 3.05) is 45.0 Å². The summed E-state index contributed by atoms with van der Waals surface area (Å²) in [6, 6.07) is 0.615. The van der Waals surface area contributed by atoms with Crippen molar-refractivity contribution >= 4 is 11.8 Å². The average molecular weight is 247 g/mol. The number of ether oxygens (including phenoxy) is 2. The molecule has 0 radical (unpaired) electrons. The second-order valence-corrected chi connectivity index (χ2v) is 5.40. The Labute approximate surface area is 104 Å². The lowest BCUT2D eigenvalue weighted by molar-refractivity contribution is 0.179. The summed E-state index contributed by atoms with van der Waals surface area (Å²) in [5.74, 6) is 2.98. The van der Waals surface area contributed by atoms with E-state index in [0.29, 0.717) is 12.0 Å². The maximum Gasteiger partial charge on any atom is 0.0552 e. The number of hydrogen-bond donors (Lipinski definition) is 1. The summed E-state index contributed by atoms with van der Waals surface area (Å²) < 4.78 is 10.5. The van der Waals surface area contributed by atoms with Crippen LogP contribution in [0.1, 0.15) is 19.8 Å². The minimum absolute atomic E-state index is 0.615. The Morgan fingerprint density at radius 1 is 1.56 bits per heavy atom. The molecular formula is C12H25NO2S. The van der Waals surface area contributed by atoms with Gasteiger partial charge in [-0.3, -0.25) is 0 Å². The molecule has 96 valence electrons. The van der Waals surface area contributed by atoms with Gasteiger partial charge in [-0.05, 0) is 19.4 Å².